The van der Waals surface area contributed by atoms with E-state index in [0.29, 0.717) is 17.2 Å². The van der Waals surface area contributed by atoms with Gasteiger partial charge in [0.2, 0.25) is 0 Å². The number of fused-ring (bicyclic) bond motifs is 1. The van der Waals surface area contributed by atoms with E-state index in [1.807, 2.05) is 32.2 Å². The van der Waals surface area contributed by atoms with Crippen LogP contribution in [0.5, 0.6) is 0 Å². The lowest BCUT2D eigenvalue weighted by atomic mass is 10.0. The minimum atomic E-state index is -1.62. The summed E-state index contributed by atoms with van der Waals surface area (Å²) in [6.07, 6.45) is 2.59. The summed E-state index contributed by atoms with van der Waals surface area (Å²) >= 11 is 0. The molecule has 37 heavy (non-hydrogen) atoms. The Kier molecular flexibility index (Phi) is 8.69. The van der Waals surface area contributed by atoms with Gasteiger partial charge < -0.3 is 25.8 Å². The van der Waals surface area contributed by atoms with Crippen molar-refractivity contribution in [3.63, 3.8) is 0 Å². The highest BCUT2D eigenvalue weighted by Gasteiger charge is 2.27. The third-order valence-corrected chi connectivity index (χ3v) is 5.40. The molecule has 0 aliphatic rings. The molecule has 0 radical (unpaired) electrons. The molecule has 10 nitrogen and oxygen atoms in total. The molecule has 0 aliphatic carbocycles. The lowest BCUT2D eigenvalue weighted by Crippen LogP contribution is -2.42. The monoisotopic (exact) mass is 514 g/mol. The molecule has 4 N–H and O–H groups in total. The Labute approximate surface area is 215 Å². The van der Waals surface area contributed by atoms with Gasteiger partial charge >= 0.3 is 6.09 Å². The molecule has 0 saturated carbocycles. The summed E-state index contributed by atoms with van der Waals surface area (Å²) in [4.78, 5) is 33.5. The Balaban J connectivity index is 1.83. The van der Waals surface area contributed by atoms with Crippen LogP contribution in [0.4, 0.5) is 14.9 Å². The number of aromatic nitrogens is 3. The van der Waals surface area contributed by atoms with E-state index in [1.54, 1.807) is 30.7 Å². The van der Waals surface area contributed by atoms with Crippen molar-refractivity contribution in [3.05, 3.63) is 47.9 Å². The van der Waals surface area contributed by atoms with E-state index in [0.717, 1.165) is 10.9 Å². The van der Waals surface area contributed by atoms with Gasteiger partial charge in [-0.15, -0.1) is 0 Å². The van der Waals surface area contributed by atoms with Gasteiger partial charge in [-0.25, -0.2) is 19.2 Å². The van der Waals surface area contributed by atoms with Crippen LogP contribution >= 0.6 is 0 Å². The number of pyridine rings is 2. The highest BCUT2D eigenvalue weighted by atomic mass is 19.1. The molecular formula is C26H35FN6O4. The number of rotatable bonds is 10. The van der Waals surface area contributed by atoms with Gasteiger partial charge in [-0.1, -0.05) is 0 Å². The number of halogens is 1. The van der Waals surface area contributed by atoms with Crippen LogP contribution < -0.4 is 16.0 Å². The molecule has 3 aromatic heterocycles. The smallest absolute Gasteiger partial charge is 0.407 e. The number of hydrogen-bond donors (Lipinski definition) is 4. The Morgan fingerprint density at radius 2 is 1.86 bits per heavy atom. The van der Waals surface area contributed by atoms with Crippen molar-refractivity contribution >= 4 is 28.7 Å². The number of carbonyl (C=O) groups excluding carboxylic acids is 2. The summed E-state index contributed by atoms with van der Waals surface area (Å²) in [5.74, 6) is 0.0335. The zero-order valence-electron chi connectivity index (χ0n) is 22.0. The van der Waals surface area contributed by atoms with Crippen molar-refractivity contribution in [1.29, 1.82) is 0 Å². The minimum absolute atomic E-state index is 0.0177. The fourth-order valence-corrected chi connectivity index (χ4v) is 3.50. The quantitative estimate of drug-likeness (QED) is 0.324. The lowest BCUT2D eigenvalue weighted by Gasteiger charge is -2.23. The van der Waals surface area contributed by atoms with Crippen molar-refractivity contribution < 1.29 is 23.8 Å². The van der Waals surface area contributed by atoms with Crippen LogP contribution in [0.3, 0.4) is 0 Å². The summed E-state index contributed by atoms with van der Waals surface area (Å²) in [5.41, 5.74) is 0.683. The van der Waals surface area contributed by atoms with E-state index in [2.05, 4.69) is 25.9 Å². The van der Waals surface area contributed by atoms with Gasteiger partial charge in [-0.2, -0.15) is 0 Å². The Morgan fingerprint density at radius 1 is 1.14 bits per heavy atom. The largest absolute Gasteiger partial charge is 0.447 e. The van der Waals surface area contributed by atoms with Crippen LogP contribution in [0.25, 0.3) is 16.9 Å². The first kappa shape index (κ1) is 27.9. The number of anilines is 1. The van der Waals surface area contributed by atoms with E-state index in [1.165, 1.54) is 20.0 Å². The molecular weight excluding hydrogens is 479 g/mol. The topological polar surface area (TPSA) is 130 Å². The number of aliphatic hydroxyl groups is 1. The van der Waals surface area contributed by atoms with Gasteiger partial charge in [0, 0.05) is 42.6 Å². The van der Waals surface area contributed by atoms with Crippen LogP contribution in [-0.2, 0) is 11.3 Å². The van der Waals surface area contributed by atoms with Crippen molar-refractivity contribution in [3.8, 4) is 5.82 Å². The number of ether oxygens (including phenoxy) is 1. The molecule has 0 saturated heterocycles. The molecule has 200 valence electrons. The number of carbonyl (C=O) groups is 2. The minimum Gasteiger partial charge on any atom is -0.447 e. The molecule has 3 aromatic rings. The van der Waals surface area contributed by atoms with Gasteiger partial charge in [0.05, 0.1) is 29.5 Å². The maximum absolute atomic E-state index is 14.1. The number of nitrogens with zero attached hydrogens (tertiary/aromatic N) is 3. The van der Waals surface area contributed by atoms with E-state index in [4.69, 9.17) is 4.74 Å². The third-order valence-electron chi connectivity index (χ3n) is 5.40. The zero-order valence-corrected chi connectivity index (χ0v) is 22.0. The van der Waals surface area contributed by atoms with E-state index in [-0.39, 0.29) is 30.8 Å². The fraction of sp³-hybridized carbons (Fsp3) is 0.462. The van der Waals surface area contributed by atoms with Gasteiger partial charge in [0.15, 0.2) is 0 Å². The molecule has 0 aliphatic heterocycles. The first-order chi connectivity index (χ1) is 17.3. The van der Waals surface area contributed by atoms with Crippen molar-refractivity contribution in [2.45, 2.75) is 72.0 Å². The van der Waals surface area contributed by atoms with Crippen LogP contribution in [-0.4, -0.2) is 62.1 Å². The summed E-state index contributed by atoms with van der Waals surface area (Å²) in [6, 6.07) is 5.55. The predicted octanol–water partition coefficient (Wildman–Crippen LogP) is 3.71. The Hall–Kier alpha value is -3.73. The zero-order chi connectivity index (χ0) is 27.3. The molecule has 3 heterocycles. The molecule has 1 unspecified atom stereocenters. The van der Waals surface area contributed by atoms with Gasteiger partial charge in [0.25, 0.3) is 5.91 Å². The fourth-order valence-electron chi connectivity index (χ4n) is 3.50. The number of alkyl carbamates (subject to hydrolysis) is 1. The maximum atomic E-state index is 14.1. The lowest BCUT2D eigenvalue weighted by molar-refractivity contribution is -0.00178. The molecule has 0 fully saturated rings. The summed E-state index contributed by atoms with van der Waals surface area (Å²) in [7, 11) is 0. The van der Waals surface area contributed by atoms with E-state index >= 15 is 0 Å². The van der Waals surface area contributed by atoms with Crippen LogP contribution in [0, 0.1) is 0 Å². The summed E-state index contributed by atoms with van der Waals surface area (Å²) in [6.45, 7) is 10.1. The average molecular weight is 515 g/mol. The molecule has 0 spiro atoms. The Bertz CT molecular complexity index is 1250. The second-order valence-electron chi connectivity index (χ2n) is 9.97. The van der Waals surface area contributed by atoms with Gasteiger partial charge in [0.1, 0.15) is 17.6 Å². The molecule has 11 heteroatoms. The van der Waals surface area contributed by atoms with Crippen molar-refractivity contribution in [2.24, 2.45) is 0 Å². The first-order valence-electron chi connectivity index (χ1n) is 12.2. The molecule has 1 atom stereocenters. The SMILES string of the molecule is CC(C)Nc1cc(-n2ccc3cc(CNC(=O)OC(C)C)cnc32)ncc1C(=O)NCC(F)C(C)(C)O. The second kappa shape index (κ2) is 11.5. The highest BCUT2D eigenvalue weighted by molar-refractivity contribution is 5.99. The normalized spacial score (nSPS) is 12.6. The summed E-state index contributed by atoms with van der Waals surface area (Å²) in [5, 5.41) is 19.1. The van der Waals surface area contributed by atoms with E-state index in [9.17, 15) is 19.1 Å². The van der Waals surface area contributed by atoms with E-state index < -0.39 is 23.8 Å². The number of amides is 2. The third kappa shape index (κ3) is 7.39. The van der Waals surface area contributed by atoms with Crippen molar-refractivity contribution in [1.82, 2.24) is 25.2 Å². The number of nitrogens with one attached hydrogen (secondary N) is 3. The van der Waals surface area contributed by atoms with Gasteiger partial charge in [-0.05, 0) is 59.2 Å². The molecule has 2 amide bonds. The summed E-state index contributed by atoms with van der Waals surface area (Å²) < 4.78 is 21.0. The number of hydrogen-bond acceptors (Lipinski definition) is 7. The molecule has 3 rings (SSSR count). The molecule has 0 bridgehead atoms. The van der Waals surface area contributed by atoms with Gasteiger partial charge in [-0.3, -0.25) is 9.36 Å². The highest BCUT2D eigenvalue weighted by Crippen LogP contribution is 2.24. The average Bonchev–Trinajstić information content (AvgIpc) is 3.22. The van der Waals surface area contributed by atoms with Crippen LogP contribution in [0.15, 0.2) is 36.8 Å². The standard InChI is InChI=1S/C26H35FN6O4/c1-15(2)32-20-10-22(28-13-19(20)24(34)30-14-21(27)26(5,6)36)33-8-7-18-9-17(11-29-23(18)33)12-31-25(35)37-16(3)4/h7-11,13,15-16,21,36H,12,14H2,1-6H3,(H,28,32)(H,30,34)(H,31,35). The maximum Gasteiger partial charge on any atom is 0.407 e. The predicted molar refractivity (Wildman–Crippen MR) is 140 cm³/mol. The number of alkyl halides is 1. The van der Waals surface area contributed by atoms with Crippen molar-refractivity contribution in [2.75, 3.05) is 11.9 Å². The van der Waals surface area contributed by atoms with Crippen LogP contribution in [0.1, 0.15) is 57.5 Å². The van der Waals surface area contributed by atoms with Crippen LogP contribution in [0.2, 0.25) is 0 Å². The first-order valence-corrected chi connectivity index (χ1v) is 12.2. The Morgan fingerprint density at radius 3 is 2.51 bits per heavy atom. The second-order valence-corrected chi connectivity index (χ2v) is 9.97. The molecule has 0 aromatic carbocycles.